The number of anilines is 1. The van der Waals surface area contributed by atoms with Gasteiger partial charge in [0.05, 0.1) is 4.88 Å². The van der Waals surface area contributed by atoms with Crippen molar-refractivity contribution in [1.29, 1.82) is 0 Å². The monoisotopic (exact) mass is 405 g/mol. The molecular weight excluding hydrogens is 386 g/mol. The Hall–Kier alpha value is -3.52. The highest BCUT2D eigenvalue weighted by molar-refractivity contribution is 7.13. The summed E-state index contributed by atoms with van der Waals surface area (Å²) in [6, 6.07) is 14.6. The van der Waals surface area contributed by atoms with Gasteiger partial charge in [0.25, 0.3) is 11.5 Å². The molecule has 0 spiro atoms. The zero-order valence-electron chi connectivity index (χ0n) is 16.0. The van der Waals surface area contributed by atoms with E-state index >= 15 is 0 Å². The van der Waals surface area contributed by atoms with E-state index in [-0.39, 0.29) is 17.4 Å². The first-order chi connectivity index (χ1) is 14.1. The fourth-order valence-electron chi connectivity index (χ4n) is 3.07. The van der Waals surface area contributed by atoms with Crippen LogP contribution in [0.5, 0.6) is 0 Å². The molecule has 0 aliphatic carbocycles. The molecule has 0 unspecified atom stereocenters. The van der Waals surface area contributed by atoms with Gasteiger partial charge >= 0.3 is 0 Å². The Labute approximate surface area is 171 Å². The molecule has 0 saturated carbocycles. The quantitative estimate of drug-likeness (QED) is 0.528. The number of nitrogens with one attached hydrogen (secondary N) is 2. The summed E-state index contributed by atoms with van der Waals surface area (Å²) in [4.78, 5) is 33.4. The van der Waals surface area contributed by atoms with Crippen molar-refractivity contribution in [3.05, 3.63) is 81.1 Å². The van der Waals surface area contributed by atoms with E-state index < -0.39 is 0 Å². The molecule has 1 amide bonds. The number of aromatic amines is 1. The Morgan fingerprint density at radius 3 is 2.66 bits per heavy atom. The molecule has 0 bridgehead atoms. The number of H-pyrrole nitrogens is 1. The number of amides is 1. The molecule has 7 nitrogen and oxygen atoms in total. The van der Waals surface area contributed by atoms with Crippen molar-refractivity contribution in [2.75, 3.05) is 5.32 Å². The molecular formula is C21H19N5O2S. The van der Waals surface area contributed by atoms with E-state index in [1.54, 1.807) is 48.6 Å². The Bertz CT molecular complexity index is 1210. The molecule has 0 aliphatic heterocycles. The molecule has 3 heterocycles. The minimum atomic E-state index is -0.270. The summed E-state index contributed by atoms with van der Waals surface area (Å²) in [7, 11) is 0. The van der Waals surface area contributed by atoms with Crippen molar-refractivity contribution < 1.29 is 4.79 Å². The Kier molecular flexibility index (Phi) is 5.09. The van der Waals surface area contributed by atoms with Gasteiger partial charge < -0.3 is 5.32 Å². The second kappa shape index (κ2) is 7.84. The van der Waals surface area contributed by atoms with Crippen molar-refractivity contribution in [3.63, 3.8) is 0 Å². The van der Waals surface area contributed by atoms with Crippen LogP contribution in [-0.4, -0.2) is 25.7 Å². The fourth-order valence-corrected chi connectivity index (χ4v) is 3.75. The molecule has 0 radical (unpaired) electrons. The van der Waals surface area contributed by atoms with Gasteiger partial charge in [-0.05, 0) is 36.9 Å². The van der Waals surface area contributed by atoms with Gasteiger partial charge in [0.1, 0.15) is 11.5 Å². The van der Waals surface area contributed by atoms with E-state index in [2.05, 4.69) is 20.4 Å². The van der Waals surface area contributed by atoms with Crippen LogP contribution in [0.15, 0.2) is 58.7 Å². The van der Waals surface area contributed by atoms with Crippen molar-refractivity contribution in [2.24, 2.45) is 0 Å². The molecule has 146 valence electrons. The van der Waals surface area contributed by atoms with Gasteiger partial charge in [-0.2, -0.15) is 9.78 Å². The van der Waals surface area contributed by atoms with Crippen LogP contribution in [0.1, 0.15) is 28.5 Å². The third kappa shape index (κ3) is 3.74. The summed E-state index contributed by atoms with van der Waals surface area (Å²) in [6.07, 6.45) is 0.589. The predicted molar refractivity (Wildman–Crippen MR) is 114 cm³/mol. The van der Waals surface area contributed by atoms with Gasteiger partial charge in [-0.1, -0.05) is 31.2 Å². The first-order valence-electron chi connectivity index (χ1n) is 9.17. The second-order valence-corrected chi connectivity index (χ2v) is 7.38. The highest BCUT2D eigenvalue weighted by Gasteiger charge is 2.18. The van der Waals surface area contributed by atoms with Crippen molar-refractivity contribution in [3.8, 4) is 16.5 Å². The highest BCUT2D eigenvalue weighted by atomic mass is 32.1. The molecule has 0 atom stereocenters. The summed E-state index contributed by atoms with van der Waals surface area (Å²) in [5.41, 5.74) is 2.28. The zero-order chi connectivity index (χ0) is 20.4. The second-order valence-electron chi connectivity index (χ2n) is 6.43. The van der Waals surface area contributed by atoms with Crippen LogP contribution < -0.4 is 10.9 Å². The minimum Gasteiger partial charge on any atom is -0.306 e. The van der Waals surface area contributed by atoms with E-state index in [4.69, 9.17) is 0 Å². The van der Waals surface area contributed by atoms with Crippen LogP contribution >= 0.6 is 11.3 Å². The number of aromatic nitrogens is 4. The smallest absolute Gasteiger partial charge is 0.256 e. The number of aryl methyl sites for hydroxylation is 1. The van der Waals surface area contributed by atoms with Gasteiger partial charge in [0.15, 0.2) is 0 Å². The molecule has 1 aromatic carbocycles. The number of nitrogens with zero attached hydrogens (tertiary/aromatic N) is 3. The van der Waals surface area contributed by atoms with E-state index in [0.717, 1.165) is 4.88 Å². The lowest BCUT2D eigenvalue weighted by molar-refractivity contribution is 0.102. The molecule has 0 aliphatic rings. The van der Waals surface area contributed by atoms with E-state index in [9.17, 15) is 9.59 Å². The van der Waals surface area contributed by atoms with Crippen molar-refractivity contribution in [1.82, 2.24) is 19.7 Å². The number of hydrogen-bond donors (Lipinski definition) is 2. The zero-order valence-corrected chi connectivity index (χ0v) is 16.8. The van der Waals surface area contributed by atoms with Gasteiger partial charge in [-0.25, -0.2) is 4.98 Å². The lowest BCUT2D eigenvalue weighted by Crippen LogP contribution is -2.21. The number of thiophene rings is 1. The van der Waals surface area contributed by atoms with Crippen LogP contribution in [0.4, 0.5) is 5.82 Å². The summed E-state index contributed by atoms with van der Waals surface area (Å²) >= 11 is 1.54. The Morgan fingerprint density at radius 1 is 1.21 bits per heavy atom. The van der Waals surface area contributed by atoms with Gasteiger partial charge in [0.2, 0.25) is 5.95 Å². The van der Waals surface area contributed by atoms with Gasteiger partial charge in [0, 0.05) is 22.9 Å². The molecule has 29 heavy (non-hydrogen) atoms. The van der Waals surface area contributed by atoms with Crippen LogP contribution in [0, 0.1) is 6.92 Å². The number of benzene rings is 1. The molecule has 8 heteroatoms. The van der Waals surface area contributed by atoms with Gasteiger partial charge in [-0.3, -0.25) is 14.6 Å². The SMILES string of the molecule is CCc1c(C)nc(-n2nc(-c3cccs3)cc2NC(=O)c2ccccc2)[nH]c1=O. The molecule has 4 aromatic rings. The third-order valence-electron chi connectivity index (χ3n) is 4.52. The maximum atomic E-state index is 12.7. The molecule has 3 aromatic heterocycles. The average Bonchev–Trinajstić information content (AvgIpc) is 3.38. The van der Waals surface area contributed by atoms with Gasteiger partial charge in [-0.15, -0.1) is 11.3 Å². The molecule has 0 fully saturated rings. The highest BCUT2D eigenvalue weighted by Crippen LogP contribution is 2.27. The predicted octanol–water partition coefficient (Wildman–Crippen LogP) is 3.81. The minimum absolute atomic E-state index is 0.205. The Morgan fingerprint density at radius 2 is 2.00 bits per heavy atom. The van der Waals surface area contributed by atoms with Crippen LogP contribution in [0.3, 0.4) is 0 Å². The molecule has 4 rings (SSSR count). The van der Waals surface area contributed by atoms with E-state index in [1.807, 2.05) is 30.5 Å². The molecule has 0 saturated heterocycles. The summed E-state index contributed by atoms with van der Waals surface area (Å²) in [5.74, 6) is 0.415. The summed E-state index contributed by atoms with van der Waals surface area (Å²) < 4.78 is 1.46. The number of carbonyl (C=O) groups is 1. The maximum Gasteiger partial charge on any atom is 0.256 e. The largest absolute Gasteiger partial charge is 0.306 e. The fraction of sp³-hybridized carbons (Fsp3) is 0.143. The van der Waals surface area contributed by atoms with E-state index in [1.165, 1.54) is 4.68 Å². The average molecular weight is 405 g/mol. The summed E-state index contributed by atoms with van der Waals surface area (Å²) in [5, 5.41) is 9.42. The summed E-state index contributed by atoms with van der Waals surface area (Å²) in [6.45, 7) is 3.71. The van der Waals surface area contributed by atoms with Crippen LogP contribution in [0.25, 0.3) is 16.5 Å². The standard InChI is InChI=1S/C21H19N5O2S/c1-3-15-13(2)22-21(24-20(15)28)26-18(12-16(25-26)17-10-7-11-29-17)23-19(27)14-8-5-4-6-9-14/h4-12H,3H2,1-2H3,(H,23,27)(H,22,24,28). The Balaban J connectivity index is 1.80. The third-order valence-corrected chi connectivity index (χ3v) is 5.42. The van der Waals surface area contributed by atoms with Crippen molar-refractivity contribution >= 4 is 23.1 Å². The first kappa shape index (κ1) is 18.8. The molecule has 2 N–H and O–H groups in total. The topological polar surface area (TPSA) is 92.7 Å². The number of hydrogen-bond acceptors (Lipinski definition) is 5. The lowest BCUT2D eigenvalue weighted by atomic mass is 10.2. The van der Waals surface area contributed by atoms with Crippen LogP contribution in [0.2, 0.25) is 0 Å². The number of rotatable bonds is 5. The normalized spacial score (nSPS) is 10.8. The lowest BCUT2D eigenvalue weighted by Gasteiger charge is -2.10. The van der Waals surface area contributed by atoms with Crippen LogP contribution in [-0.2, 0) is 6.42 Å². The number of carbonyl (C=O) groups excluding carboxylic acids is 1. The maximum absolute atomic E-state index is 12.7. The first-order valence-corrected chi connectivity index (χ1v) is 10.0. The van der Waals surface area contributed by atoms with Crippen molar-refractivity contribution in [2.45, 2.75) is 20.3 Å². The van der Waals surface area contributed by atoms with E-state index in [0.29, 0.717) is 34.8 Å².